The van der Waals surface area contributed by atoms with Gasteiger partial charge in [0.05, 0.1) is 5.71 Å². The lowest BCUT2D eigenvalue weighted by Crippen LogP contribution is -2.25. The van der Waals surface area contributed by atoms with Crippen molar-refractivity contribution in [3.05, 3.63) is 0 Å². The van der Waals surface area contributed by atoms with Crippen molar-refractivity contribution in [3.8, 4) is 0 Å². The summed E-state index contributed by atoms with van der Waals surface area (Å²) in [7, 11) is -1.95. The summed E-state index contributed by atoms with van der Waals surface area (Å²) in [6.45, 7) is 1.58. The Morgan fingerprint density at radius 2 is 2.20 bits per heavy atom. The molecule has 0 fully saturated rings. The van der Waals surface area contributed by atoms with Gasteiger partial charge >= 0.3 is 10.2 Å². The fourth-order valence-corrected chi connectivity index (χ4v) is 1.63. The third kappa shape index (κ3) is 1.15. The fraction of sp³-hybridized carbons (Fsp3) is 0.500. The molecular weight excluding hydrogens is 154 g/mol. The van der Waals surface area contributed by atoms with Crippen molar-refractivity contribution >= 4 is 21.8 Å². The largest absolute Gasteiger partial charge is 0.343 e. The second kappa shape index (κ2) is 2.05. The molecule has 0 spiro atoms. The summed E-state index contributed by atoms with van der Waals surface area (Å²) < 4.78 is 26.7. The summed E-state index contributed by atoms with van der Waals surface area (Å²) in [5, 5.41) is 0. The zero-order valence-electron chi connectivity index (χ0n) is 5.62. The molecule has 5 nitrogen and oxygen atoms in total. The van der Waals surface area contributed by atoms with Crippen LogP contribution in [0.15, 0.2) is 9.39 Å². The number of nitrogens with one attached hydrogen (secondary N) is 1. The molecule has 0 aliphatic carbocycles. The lowest BCUT2D eigenvalue weighted by molar-refractivity contribution is 0.596. The van der Waals surface area contributed by atoms with Crippen LogP contribution in [0.5, 0.6) is 0 Å². The van der Waals surface area contributed by atoms with E-state index in [2.05, 4.69) is 14.1 Å². The Morgan fingerprint density at radius 1 is 1.60 bits per heavy atom. The lowest BCUT2D eigenvalue weighted by Gasteiger charge is -1.91. The minimum atomic E-state index is -3.45. The standard InChI is InChI=1S/C4H7N3O2S/c1-3-4(5-2)7-10(8,9)6-3/h1-2H3,(H,5,7). The van der Waals surface area contributed by atoms with Crippen molar-refractivity contribution < 1.29 is 8.42 Å². The predicted molar refractivity (Wildman–Crippen MR) is 38.5 cm³/mol. The van der Waals surface area contributed by atoms with E-state index in [1.165, 1.54) is 7.05 Å². The predicted octanol–water partition coefficient (Wildman–Crippen LogP) is -0.676. The van der Waals surface area contributed by atoms with Gasteiger partial charge < -0.3 is 0 Å². The van der Waals surface area contributed by atoms with Crippen molar-refractivity contribution in [1.82, 2.24) is 4.72 Å². The molecule has 6 heteroatoms. The first-order valence-corrected chi connectivity index (χ1v) is 4.05. The van der Waals surface area contributed by atoms with E-state index >= 15 is 0 Å². The number of hydrogen-bond donors (Lipinski definition) is 1. The van der Waals surface area contributed by atoms with Crippen LogP contribution in [0.1, 0.15) is 6.92 Å². The van der Waals surface area contributed by atoms with Crippen molar-refractivity contribution in [2.24, 2.45) is 9.39 Å². The first-order chi connectivity index (χ1) is 4.55. The lowest BCUT2D eigenvalue weighted by atomic mass is 10.4. The Kier molecular flexibility index (Phi) is 1.47. The number of nitrogens with zero attached hydrogens (tertiary/aromatic N) is 2. The van der Waals surface area contributed by atoms with Gasteiger partial charge in [-0.15, -0.1) is 4.40 Å². The van der Waals surface area contributed by atoms with Gasteiger partial charge in [-0.25, -0.2) is 4.72 Å². The van der Waals surface area contributed by atoms with Gasteiger partial charge in [0.15, 0.2) is 5.84 Å². The molecule has 0 aromatic heterocycles. The highest BCUT2D eigenvalue weighted by molar-refractivity contribution is 7.89. The average molecular weight is 161 g/mol. The second-order valence-corrected chi connectivity index (χ2v) is 3.16. The van der Waals surface area contributed by atoms with Crippen LogP contribution < -0.4 is 4.72 Å². The first-order valence-electron chi connectivity index (χ1n) is 2.61. The van der Waals surface area contributed by atoms with Gasteiger partial charge in [0.25, 0.3) is 0 Å². The second-order valence-electron chi connectivity index (χ2n) is 1.83. The molecule has 0 bridgehead atoms. The minimum Gasteiger partial charge on any atom is -0.270 e. The van der Waals surface area contributed by atoms with Crippen LogP contribution in [-0.2, 0) is 10.2 Å². The van der Waals surface area contributed by atoms with E-state index in [1.54, 1.807) is 6.92 Å². The molecule has 0 aromatic carbocycles. The summed E-state index contributed by atoms with van der Waals surface area (Å²) in [6, 6.07) is 0. The zero-order valence-corrected chi connectivity index (χ0v) is 6.44. The van der Waals surface area contributed by atoms with Gasteiger partial charge in [0.2, 0.25) is 0 Å². The van der Waals surface area contributed by atoms with Gasteiger partial charge in [-0.3, -0.25) is 4.99 Å². The van der Waals surface area contributed by atoms with Crippen molar-refractivity contribution in [2.75, 3.05) is 7.05 Å². The Balaban J connectivity index is 3.12. The minimum absolute atomic E-state index is 0.319. The summed E-state index contributed by atoms with van der Waals surface area (Å²) in [6.07, 6.45) is 0. The van der Waals surface area contributed by atoms with E-state index in [0.717, 1.165) is 0 Å². The van der Waals surface area contributed by atoms with Gasteiger partial charge in [0.1, 0.15) is 0 Å². The number of hydrogen-bond acceptors (Lipinski definition) is 3. The van der Waals surface area contributed by atoms with Gasteiger partial charge in [-0.1, -0.05) is 0 Å². The van der Waals surface area contributed by atoms with Crippen LogP contribution >= 0.6 is 0 Å². The topological polar surface area (TPSA) is 70.9 Å². The average Bonchev–Trinajstić information content (AvgIpc) is 2.05. The summed E-state index contributed by atoms with van der Waals surface area (Å²) >= 11 is 0. The SMILES string of the molecule is CN=C1NS(=O)(=O)N=C1C. The van der Waals surface area contributed by atoms with E-state index in [0.29, 0.717) is 11.5 Å². The Bertz CT molecular complexity index is 300. The van der Waals surface area contributed by atoms with E-state index in [9.17, 15) is 8.42 Å². The van der Waals surface area contributed by atoms with E-state index in [1.807, 2.05) is 0 Å². The van der Waals surface area contributed by atoms with Crippen LogP contribution in [0, 0.1) is 0 Å². The van der Waals surface area contributed by atoms with Crippen molar-refractivity contribution in [3.63, 3.8) is 0 Å². The highest BCUT2D eigenvalue weighted by Crippen LogP contribution is 1.98. The van der Waals surface area contributed by atoms with Crippen LogP contribution in [-0.4, -0.2) is 27.0 Å². The van der Waals surface area contributed by atoms with E-state index < -0.39 is 10.2 Å². The molecule has 0 radical (unpaired) electrons. The smallest absolute Gasteiger partial charge is 0.270 e. The highest BCUT2D eigenvalue weighted by Gasteiger charge is 2.21. The third-order valence-electron chi connectivity index (χ3n) is 1.05. The van der Waals surface area contributed by atoms with Gasteiger partial charge in [-0.2, -0.15) is 8.42 Å². The van der Waals surface area contributed by atoms with Gasteiger partial charge in [-0.05, 0) is 6.92 Å². The molecular formula is C4H7N3O2S. The molecule has 0 unspecified atom stereocenters. The molecule has 1 aliphatic rings. The molecule has 0 aromatic rings. The number of aliphatic imine (C=N–C) groups is 1. The summed E-state index contributed by atoms with van der Waals surface area (Å²) in [4.78, 5) is 3.66. The van der Waals surface area contributed by atoms with Crippen molar-refractivity contribution in [2.45, 2.75) is 6.92 Å². The fourth-order valence-electron chi connectivity index (χ4n) is 0.650. The first kappa shape index (κ1) is 7.20. The zero-order chi connectivity index (χ0) is 7.78. The molecule has 0 amide bonds. The Morgan fingerprint density at radius 3 is 2.40 bits per heavy atom. The quantitative estimate of drug-likeness (QED) is 0.511. The Labute approximate surface area is 59.1 Å². The summed E-state index contributed by atoms with van der Waals surface area (Å²) in [5.74, 6) is 0.319. The molecule has 1 rings (SSSR count). The third-order valence-corrected chi connectivity index (χ3v) is 2.01. The van der Waals surface area contributed by atoms with Crippen LogP contribution in [0.3, 0.4) is 0 Å². The van der Waals surface area contributed by atoms with E-state index in [-0.39, 0.29) is 0 Å². The van der Waals surface area contributed by atoms with Gasteiger partial charge in [0, 0.05) is 7.05 Å². The maximum atomic E-state index is 10.6. The Hall–Kier alpha value is -0.910. The molecule has 0 saturated heterocycles. The normalized spacial score (nSPS) is 26.2. The molecule has 1 N–H and O–H groups in total. The van der Waals surface area contributed by atoms with Crippen molar-refractivity contribution in [1.29, 1.82) is 0 Å². The van der Waals surface area contributed by atoms with Crippen LogP contribution in [0.25, 0.3) is 0 Å². The highest BCUT2D eigenvalue weighted by atomic mass is 32.2. The molecule has 56 valence electrons. The van der Waals surface area contributed by atoms with E-state index in [4.69, 9.17) is 0 Å². The number of amidine groups is 1. The molecule has 10 heavy (non-hydrogen) atoms. The maximum absolute atomic E-state index is 10.6. The molecule has 0 saturated carbocycles. The van der Waals surface area contributed by atoms with Crippen LogP contribution in [0.2, 0.25) is 0 Å². The molecule has 1 heterocycles. The monoisotopic (exact) mass is 161 g/mol. The number of rotatable bonds is 0. The maximum Gasteiger partial charge on any atom is 0.343 e. The molecule has 0 atom stereocenters. The summed E-state index contributed by atoms with van der Waals surface area (Å²) in [5.41, 5.74) is 0.405. The molecule has 1 aliphatic heterocycles. The van der Waals surface area contributed by atoms with Crippen LogP contribution in [0.4, 0.5) is 0 Å².